The molecule has 2 aliphatic rings. The molecular weight excluding hydrogens is 289 g/mol. The molecule has 0 aromatic carbocycles. The molecule has 2 saturated heterocycles. The second kappa shape index (κ2) is 3.81. The van der Waals surface area contributed by atoms with E-state index in [9.17, 15) is 0 Å². The lowest BCUT2D eigenvalue weighted by Crippen LogP contribution is -2.32. The summed E-state index contributed by atoms with van der Waals surface area (Å²) in [6.45, 7) is 4.78. The van der Waals surface area contributed by atoms with Crippen LogP contribution in [0.1, 0.15) is 26.7 Å². The molecule has 0 bridgehead atoms. The quantitative estimate of drug-likeness (QED) is 0.407. The lowest BCUT2D eigenvalue weighted by Gasteiger charge is -2.21. The van der Waals surface area contributed by atoms with E-state index in [4.69, 9.17) is 0 Å². The molecule has 1 atom stereocenters. The minimum absolute atomic E-state index is 0.740. The Morgan fingerprint density at radius 1 is 1.31 bits per heavy atom. The van der Waals surface area contributed by atoms with Crippen LogP contribution in [0.5, 0.6) is 0 Å². The van der Waals surface area contributed by atoms with Gasteiger partial charge in [-0.3, -0.25) is 0 Å². The zero-order chi connectivity index (χ0) is 9.47. The summed E-state index contributed by atoms with van der Waals surface area (Å²) in [4.78, 5) is 0. The van der Waals surface area contributed by atoms with Crippen molar-refractivity contribution < 1.29 is 0 Å². The number of hydrogen-bond acceptors (Lipinski definition) is 1. The summed E-state index contributed by atoms with van der Waals surface area (Å²) in [5, 5.41) is 0. The van der Waals surface area contributed by atoms with Crippen molar-refractivity contribution in [3.8, 4) is 0 Å². The van der Waals surface area contributed by atoms with E-state index < -0.39 is 8.07 Å². The minimum Gasteiger partial charge on any atom is -0.247 e. The average Bonchev–Trinajstić information content (AvgIpc) is 2.60. The van der Waals surface area contributed by atoms with Gasteiger partial charge in [0, 0.05) is 35.1 Å². The Morgan fingerprint density at radius 3 is 2.38 bits per heavy atom. The molecule has 1 unspecified atom stereocenters. The molecule has 2 fully saturated rings. The number of hydrogen-bond donors (Lipinski definition) is 0. The first-order valence-electron chi connectivity index (χ1n) is 5.55. The smallest absolute Gasteiger partial charge is 0.0717 e. The lowest BCUT2D eigenvalue weighted by atomic mass is 10.1. The largest absolute Gasteiger partial charge is 0.247 e. The average molecular weight is 309 g/mol. The van der Waals surface area contributed by atoms with E-state index in [0.717, 1.165) is 12.0 Å². The molecule has 0 aromatic rings. The van der Waals surface area contributed by atoms with Crippen LogP contribution in [-0.2, 0) is 0 Å². The highest BCUT2D eigenvalue weighted by Crippen LogP contribution is 2.43. The van der Waals surface area contributed by atoms with Gasteiger partial charge in [-0.2, -0.15) is 0 Å². The third-order valence-electron chi connectivity index (χ3n) is 3.92. The van der Waals surface area contributed by atoms with Crippen molar-refractivity contribution in [2.24, 2.45) is 5.92 Å². The third kappa shape index (κ3) is 1.97. The van der Waals surface area contributed by atoms with E-state index in [0.29, 0.717) is 0 Å². The van der Waals surface area contributed by atoms with E-state index in [1.807, 2.05) is 0 Å². The Bertz CT molecular complexity index is 189. The van der Waals surface area contributed by atoms with Crippen molar-refractivity contribution in [1.82, 2.24) is 3.11 Å². The molecule has 0 aromatic heterocycles. The van der Waals surface area contributed by atoms with Crippen molar-refractivity contribution in [3.05, 3.63) is 0 Å². The Kier molecular flexibility index (Phi) is 3.06. The van der Waals surface area contributed by atoms with Gasteiger partial charge in [-0.25, -0.2) is 3.11 Å². The fourth-order valence-electron chi connectivity index (χ4n) is 3.09. The second-order valence-corrected chi connectivity index (χ2v) is 11.2. The van der Waals surface area contributed by atoms with E-state index >= 15 is 0 Å². The molecule has 2 rings (SSSR count). The van der Waals surface area contributed by atoms with Gasteiger partial charge in [0.2, 0.25) is 0 Å². The molecule has 1 nitrogen and oxygen atoms in total. The number of nitrogens with zero attached hydrogens (tertiary/aromatic N) is 1. The molecule has 0 N–H and O–H groups in total. The molecule has 13 heavy (non-hydrogen) atoms. The summed E-state index contributed by atoms with van der Waals surface area (Å²) in [7, 11) is -0.740. The van der Waals surface area contributed by atoms with Crippen LogP contribution in [0.2, 0.25) is 18.1 Å². The molecular formula is C10H20INSi. The predicted molar refractivity (Wildman–Crippen MR) is 68.8 cm³/mol. The van der Waals surface area contributed by atoms with Gasteiger partial charge in [0.25, 0.3) is 0 Å². The van der Waals surface area contributed by atoms with Gasteiger partial charge in [-0.05, 0) is 12.0 Å². The maximum Gasteiger partial charge on any atom is 0.0717 e. The van der Waals surface area contributed by atoms with E-state index in [1.54, 1.807) is 31.0 Å². The van der Waals surface area contributed by atoms with Gasteiger partial charge in [0.1, 0.15) is 0 Å². The van der Waals surface area contributed by atoms with Crippen LogP contribution in [0.15, 0.2) is 0 Å². The third-order valence-corrected chi connectivity index (χ3v) is 10.7. The van der Waals surface area contributed by atoms with Gasteiger partial charge >= 0.3 is 0 Å². The van der Waals surface area contributed by atoms with Gasteiger partial charge in [-0.15, -0.1) is 0 Å². The van der Waals surface area contributed by atoms with Crippen LogP contribution >= 0.6 is 22.9 Å². The van der Waals surface area contributed by atoms with Crippen molar-refractivity contribution in [2.75, 3.05) is 6.17 Å². The summed E-state index contributed by atoms with van der Waals surface area (Å²) in [5.74, 6) is 0.865. The molecule has 0 amide bonds. The van der Waals surface area contributed by atoms with Crippen LogP contribution in [0.3, 0.4) is 0 Å². The van der Waals surface area contributed by atoms with Crippen molar-refractivity contribution >= 4 is 30.9 Å². The van der Waals surface area contributed by atoms with Crippen molar-refractivity contribution in [1.29, 1.82) is 0 Å². The normalized spacial score (nSPS) is 33.7. The van der Waals surface area contributed by atoms with Gasteiger partial charge in [0.05, 0.1) is 8.07 Å². The summed E-state index contributed by atoms with van der Waals surface area (Å²) in [6.07, 6.45) is 4.58. The highest BCUT2D eigenvalue weighted by molar-refractivity contribution is 14.1. The lowest BCUT2D eigenvalue weighted by molar-refractivity contribution is 0.376. The topological polar surface area (TPSA) is 3.24 Å². The highest BCUT2D eigenvalue weighted by atomic mass is 127. The zero-order valence-corrected chi connectivity index (χ0v) is 11.9. The fraction of sp³-hybridized carbons (Fsp3) is 1.00. The summed E-state index contributed by atoms with van der Waals surface area (Å²) < 4.78 is 2.64. The predicted octanol–water partition coefficient (Wildman–Crippen LogP) is 3.46. The SMILES string of the molecule is CC(C)C1C[Si]2(CCCC2)CN1I. The van der Waals surface area contributed by atoms with Crippen LogP contribution < -0.4 is 0 Å². The Hall–Kier alpha value is 0.907. The number of halogens is 1. The zero-order valence-electron chi connectivity index (χ0n) is 8.72. The van der Waals surface area contributed by atoms with Crippen LogP contribution in [0, 0.1) is 5.92 Å². The summed E-state index contributed by atoms with van der Waals surface area (Å²) in [6, 6.07) is 5.78. The first-order valence-corrected chi connectivity index (χ1v) is 9.35. The first-order chi connectivity index (χ1) is 6.13. The number of rotatable bonds is 1. The summed E-state index contributed by atoms with van der Waals surface area (Å²) >= 11 is 2.58. The standard InChI is InChI=1S/C10H20INSi/c1-9(2)10-7-13(8-12(10)11)5-3-4-6-13/h9-10H,3-8H2,1-2H3. The van der Waals surface area contributed by atoms with Crippen molar-refractivity contribution in [2.45, 2.75) is 50.9 Å². The van der Waals surface area contributed by atoms with Gasteiger partial charge < -0.3 is 0 Å². The van der Waals surface area contributed by atoms with Crippen LogP contribution in [0.4, 0.5) is 0 Å². The van der Waals surface area contributed by atoms with E-state index in [2.05, 4.69) is 39.8 Å². The van der Waals surface area contributed by atoms with Crippen LogP contribution in [-0.4, -0.2) is 23.4 Å². The molecule has 76 valence electrons. The maximum atomic E-state index is 2.64. The molecule has 0 radical (unpaired) electrons. The van der Waals surface area contributed by atoms with Crippen LogP contribution in [0.25, 0.3) is 0 Å². The van der Waals surface area contributed by atoms with E-state index in [1.165, 1.54) is 6.17 Å². The summed E-state index contributed by atoms with van der Waals surface area (Å²) in [5.41, 5.74) is 0. The minimum atomic E-state index is -0.740. The molecule has 2 heterocycles. The first kappa shape index (κ1) is 10.4. The maximum absolute atomic E-state index is 2.64. The van der Waals surface area contributed by atoms with Gasteiger partial charge in [0.15, 0.2) is 0 Å². The molecule has 0 saturated carbocycles. The Labute approximate surface area is 96.8 Å². The monoisotopic (exact) mass is 309 g/mol. The molecule has 2 aliphatic heterocycles. The van der Waals surface area contributed by atoms with Gasteiger partial charge in [-0.1, -0.05) is 38.8 Å². The molecule has 3 heteroatoms. The molecule has 0 aliphatic carbocycles. The second-order valence-electron chi connectivity index (χ2n) is 5.28. The fourth-order valence-corrected chi connectivity index (χ4v) is 12.0. The van der Waals surface area contributed by atoms with Crippen molar-refractivity contribution in [3.63, 3.8) is 0 Å². The Morgan fingerprint density at radius 2 is 1.92 bits per heavy atom. The molecule has 1 spiro atoms. The van der Waals surface area contributed by atoms with E-state index in [-0.39, 0.29) is 0 Å². The highest BCUT2D eigenvalue weighted by Gasteiger charge is 2.47. The Balaban J connectivity index is 2.05.